The molecule has 0 spiro atoms. The molecule has 5 aliphatic carbocycles. The molecule has 0 saturated heterocycles. The van der Waals surface area contributed by atoms with Gasteiger partial charge in [-0.2, -0.15) is 0 Å². The van der Waals surface area contributed by atoms with Crippen molar-refractivity contribution in [2.24, 2.45) is 0 Å². The van der Waals surface area contributed by atoms with Gasteiger partial charge in [0.25, 0.3) is 0 Å². The van der Waals surface area contributed by atoms with Crippen LogP contribution in [0.15, 0.2) is 97.2 Å². The Morgan fingerprint density at radius 1 is 0.618 bits per heavy atom. The Labute approximate surface area is 224 Å². The van der Waals surface area contributed by atoms with E-state index in [1.54, 1.807) is 0 Å². The van der Waals surface area contributed by atoms with Crippen molar-refractivity contribution >= 4 is 22.6 Å². The summed E-state index contributed by atoms with van der Waals surface area (Å²) < 4.78 is 0. The van der Waals surface area contributed by atoms with Crippen LogP contribution in [0, 0.1) is 59.7 Å². The quantitative estimate of drug-likeness (QED) is 0.348. The molecule has 0 aliphatic heterocycles. The number of halogens is 2. The first kappa shape index (κ1) is 24.8. The van der Waals surface area contributed by atoms with Crippen molar-refractivity contribution in [1.29, 1.82) is 0 Å². The van der Waals surface area contributed by atoms with Crippen LogP contribution in [0.2, 0.25) is 0 Å². The zero-order valence-electron chi connectivity index (χ0n) is 19.0. The van der Waals surface area contributed by atoms with Gasteiger partial charge >= 0.3 is 37.9 Å². The molecule has 0 unspecified atom stereocenters. The third kappa shape index (κ3) is 4.87. The average Bonchev–Trinajstić information content (AvgIpc) is 3.37. The molecule has 2 fully saturated rings. The van der Waals surface area contributed by atoms with E-state index in [0.717, 1.165) is 12.8 Å². The number of hydrogen-bond acceptors (Lipinski definition) is 0. The van der Waals surface area contributed by atoms with Crippen LogP contribution in [0.4, 0.5) is 0 Å². The van der Waals surface area contributed by atoms with E-state index in [1.807, 2.05) is 0 Å². The molecule has 34 heavy (non-hydrogen) atoms. The molecule has 0 aromatic heterocycles. The summed E-state index contributed by atoms with van der Waals surface area (Å²) in [4.78, 5) is 0. The Morgan fingerprint density at radius 2 is 1.12 bits per heavy atom. The summed E-state index contributed by atoms with van der Waals surface area (Å²) in [5.41, 5.74) is 2.62. The van der Waals surface area contributed by atoms with Crippen LogP contribution in [0.5, 0.6) is 0 Å². The van der Waals surface area contributed by atoms with E-state index in [9.17, 15) is 0 Å². The molecule has 0 heterocycles. The number of fused-ring (bicyclic) bond motifs is 4. The Bertz CT molecular complexity index is 983. The van der Waals surface area contributed by atoms with Gasteiger partial charge in [0, 0.05) is 35.5 Å². The second-order valence-electron chi connectivity index (χ2n) is 8.58. The monoisotopic (exact) mass is 556 g/mol. The summed E-state index contributed by atoms with van der Waals surface area (Å²) in [5.74, 6) is 12.7. The molecule has 0 nitrogen and oxygen atoms in total. The second-order valence-corrected chi connectivity index (χ2v) is 12.3. The van der Waals surface area contributed by atoms with E-state index in [1.165, 1.54) is 64.4 Å². The van der Waals surface area contributed by atoms with Crippen LogP contribution >= 0.6 is 17.0 Å². The fourth-order valence-corrected chi connectivity index (χ4v) is 5.33. The van der Waals surface area contributed by atoms with Gasteiger partial charge in [-0.05, 0) is 48.2 Å². The summed E-state index contributed by atoms with van der Waals surface area (Å²) in [6, 6.07) is 10.7. The molecule has 1 aromatic rings. The van der Waals surface area contributed by atoms with E-state index in [-0.39, 0.29) is 0 Å². The molecule has 10 radical (unpaired) electrons. The Morgan fingerprint density at radius 3 is 1.74 bits per heavy atom. The number of rotatable bonds is 4. The molecule has 0 amide bonds. The van der Waals surface area contributed by atoms with E-state index in [4.69, 9.17) is 17.0 Å². The summed E-state index contributed by atoms with van der Waals surface area (Å²) in [5, 5.41) is 0. The van der Waals surface area contributed by atoms with Gasteiger partial charge in [0.15, 0.2) is 0 Å². The molecule has 0 N–H and O–H groups in total. The normalized spacial score (nSPS) is 24.0. The number of benzene rings is 1. The van der Waals surface area contributed by atoms with Crippen molar-refractivity contribution in [2.75, 3.05) is 0 Å². The molecular formula is C31H24Cl2Zr+2. The predicted molar refractivity (Wildman–Crippen MR) is 140 cm³/mol. The maximum absolute atomic E-state index is 4.93. The van der Waals surface area contributed by atoms with Gasteiger partial charge < -0.3 is 0 Å². The van der Waals surface area contributed by atoms with Crippen molar-refractivity contribution in [3.8, 4) is 0 Å². The Balaban J connectivity index is 0.000000764. The second kappa shape index (κ2) is 11.5. The van der Waals surface area contributed by atoms with Crippen LogP contribution in [-0.4, -0.2) is 0 Å². The molecule has 0 bridgehead atoms. The third-order valence-corrected chi connectivity index (χ3v) is 6.77. The van der Waals surface area contributed by atoms with Crippen LogP contribution < -0.4 is 0 Å². The van der Waals surface area contributed by atoms with Gasteiger partial charge in [0.05, 0.1) is 0 Å². The van der Waals surface area contributed by atoms with Crippen molar-refractivity contribution in [1.82, 2.24) is 0 Å². The first-order chi connectivity index (χ1) is 16.7. The maximum atomic E-state index is 4.93. The number of allylic oxidation sites excluding steroid dienone is 12. The van der Waals surface area contributed by atoms with Crippen molar-refractivity contribution in [3.05, 3.63) is 162 Å². The fourth-order valence-electron chi connectivity index (χ4n) is 5.33. The van der Waals surface area contributed by atoms with E-state index < -0.39 is 20.8 Å². The third-order valence-electron chi connectivity index (χ3n) is 6.77. The van der Waals surface area contributed by atoms with Gasteiger partial charge in [-0.3, -0.25) is 0 Å². The van der Waals surface area contributed by atoms with E-state index >= 15 is 0 Å². The summed E-state index contributed by atoms with van der Waals surface area (Å²) in [6.45, 7) is 2.27. The van der Waals surface area contributed by atoms with Gasteiger partial charge in [-0.1, -0.05) is 104 Å². The topological polar surface area (TPSA) is 0 Å². The summed E-state index contributed by atoms with van der Waals surface area (Å²) in [6.07, 6.45) is 29.0. The first-order valence-electron chi connectivity index (χ1n) is 11.5. The van der Waals surface area contributed by atoms with Crippen molar-refractivity contribution in [2.45, 2.75) is 19.8 Å². The Kier molecular flexibility index (Phi) is 8.35. The van der Waals surface area contributed by atoms with E-state index in [2.05, 4.69) is 111 Å². The first-order valence-corrected chi connectivity index (χ1v) is 17.8. The molecule has 1 aromatic carbocycles. The van der Waals surface area contributed by atoms with E-state index in [0.29, 0.717) is 0 Å². The van der Waals surface area contributed by atoms with Gasteiger partial charge in [-0.15, -0.1) is 0 Å². The molecule has 2 saturated carbocycles. The standard InChI is InChI=1S/C31H24.2ClH.Zr/c1-21-20-31-24(22-10-3-2-4-11-22)16-9-17-25(31)23(21)18-19-30-28-14-7-5-12-26(28)27-13-6-8-15-29(27)30;;;/h2-17,20H,18-19H2,1H3;2*1H;/q;;;+4/p-2. The molecule has 6 rings (SSSR count). The van der Waals surface area contributed by atoms with Gasteiger partial charge in [-0.25, -0.2) is 0 Å². The molecule has 164 valence electrons. The van der Waals surface area contributed by atoms with Crippen molar-refractivity contribution < 1.29 is 20.8 Å². The molecule has 5 aliphatic rings. The molecular weight excluding hydrogens is 534 g/mol. The van der Waals surface area contributed by atoms with Gasteiger partial charge in [0.2, 0.25) is 0 Å². The van der Waals surface area contributed by atoms with Gasteiger partial charge in [0.1, 0.15) is 0 Å². The minimum atomic E-state index is -0.826. The molecule has 3 heteroatoms. The molecule has 0 atom stereocenters. The van der Waals surface area contributed by atoms with Crippen LogP contribution in [0.3, 0.4) is 0 Å². The predicted octanol–water partition coefficient (Wildman–Crippen LogP) is 8.47. The average molecular weight is 559 g/mol. The Hall–Kier alpha value is -0.877. The minimum absolute atomic E-state index is 0.826. The van der Waals surface area contributed by atoms with Crippen LogP contribution in [0.25, 0.3) is 5.57 Å². The number of hydrogen-bond donors (Lipinski definition) is 0. The zero-order chi connectivity index (χ0) is 23.5. The fraction of sp³-hybridized carbons (Fsp3) is 0.0968. The summed E-state index contributed by atoms with van der Waals surface area (Å²) in [7, 11) is 9.87. The van der Waals surface area contributed by atoms with Crippen LogP contribution in [-0.2, 0) is 20.8 Å². The van der Waals surface area contributed by atoms with Crippen molar-refractivity contribution in [3.63, 3.8) is 0 Å². The SMILES string of the molecule is C[C]1[CH][C]2[C](C=CC=C2c2ccccc2)[C]1CC[C]1[C]2C=CC=C[C]2[C]2C=CC=C[C]21.[Cl][Zr+2][Cl]. The zero-order valence-corrected chi connectivity index (χ0v) is 23.0. The van der Waals surface area contributed by atoms with Crippen LogP contribution in [0.1, 0.15) is 25.3 Å². The summed E-state index contributed by atoms with van der Waals surface area (Å²) >= 11 is -0.826.